The van der Waals surface area contributed by atoms with E-state index < -0.39 is 6.10 Å². The van der Waals surface area contributed by atoms with Crippen molar-refractivity contribution in [3.05, 3.63) is 29.3 Å². The van der Waals surface area contributed by atoms with Crippen LogP contribution in [0.1, 0.15) is 31.1 Å². The van der Waals surface area contributed by atoms with Gasteiger partial charge in [0.2, 0.25) is 0 Å². The molecular formula is C11H16O2. The van der Waals surface area contributed by atoms with Gasteiger partial charge in [-0.15, -0.1) is 0 Å². The Morgan fingerprint density at radius 1 is 1.46 bits per heavy atom. The average molecular weight is 180 g/mol. The maximum absolute atomic E-state index is 9.38. The molecule has 0 saturated heterocycles. The molecule has 2 nitrogen and oxygen atoms in total. The Kier molecular flexibility index (Phi) is 3.32. The van der Waals surface area contributed by atoms with Gasteiger partial charge in [-0.2, -0.15) is 0 Å². The van der Waals surface area contributed by atoms with Crippen molar-refractivity contribution in [2.45, 2.75) is 26.9 Å². The fraction of sp³-hybridized carbons (Fsp3) is 0.455. The largest absolute Gasteiger partial charge is 0.494 e. The summed E-state index contributed by atoms with van der Waals surface area (Å²) < 4.78 is 5.34. The minimum Gasteiger partial charge on any atom is -0.494 e. The number of rotatable bonds is 3. The molecule has 1 N–H and O–H groups in total. The SMILES string of the molecule is CCOc1ccc([C@@H](C)O)c(C)c1. The van der Waals surface area contributed by atoms with Crippen molar-refractivity contribution >= 4 is 0 Å². The lowest BCUT2D eigenvalue weighted by molar-refractivity contribution is 0.198. The monoisotopic (exact) mass is 180 g/mol. The zero-order chi connectivity index (χ0) is 9.84. The Bertz CT molecular complexity index is 279. The van der Waals surface area contributed by atoms with E-state index in [1.165, 1.54) is 0 Å². The lowest BCUT2D eigenvalue weighted by Crippen LogP contribution is -1.97. The Morgan fingerprint density at radius 3 is 2.62 bits per heavy atom. The van der Waals surface area contributed by atoms with Crippen molar-refractivity contribution in [2.24, 2.45) is 0 Å². The average Bonchev–Trinajstić information content (AvgIpc) is 2.04. The van der Waals surface area contributed by atoms with Gasteiger partial charge in [0, 0.05) is 0 Å². The Balaban J connectivity index is 2.92. The maximum Gasteiger partial charge on any atom is 0.119 e. The lowest BCUT2D eigenvalue weighted by atomic mass is 10.0. The normalized spacial score (nSPS) is 12.6. The molecule has 0 fully saturated rings. The molecule has 0 radical (unpaired) electrons. The summed E-state index contributed by atoms with van der Waals surface area (Å²) in [5, 5.41) is 9.38. The van der Waals surface area contributed by atoms with Crippen LogP contribution in [0.3, 0.4) is 0 Å². The minimum atomic E-state index is -0.407. The van der Waals surface area contributed by atoms with Gasteiger partial charge in [0.05, 0.1) is 12.7 Å². The standard InChI is InChI=1S/C11H16O2/c1-4-13-10-5-6-11(9(3)12)8(2)7-10/h5-7,9,12H,4H2,1-3H3/t9-/m1/s1. The van der Waals surface area contributed by atoms with Gasteiger partial charge < -0.3 is 9.84 Å². The highest BCUT2D eigenvalue weighted by Gasteiger charge is 2.05. The van der Waals surface area contributed by atoms with Gasteiger partial charge in [-0.1, -0.05) is 6.07 Å². The van der Waals surface area contributed by atoms with E-state index in [9.17, 15) is 5.11 Å². The van der Waals surface area contributed by atoms with Crippen molar-refractivity contribution in [3.8, 4) is 5.75 Å². The molecule has 0 unspecified atom stereocenters. The van der Waals surface area contributed by atoms with E-state index in [4.69, 9.17) is 4.74 Å². The van der Waals surface area contributed by atoms with Gasteiger partial charge in [0.25, 0.3) is 0 Å². The fourth-order valence-electron chi connectivity index (χ4n) is 1.37. The number of aliphatic hydroxyl groups is 1. The second-order valence-corrected chi connectivity index (χ2v) is 3.13. The summed E-state index contributed by atoms with van der Waals surface area (Å²) in [6.07, 6.45) is -0.407. The van der Waals surface area contributed by atoms with Crippen molar-refractivity contribution < 1.29 is 9.84 Å². The van der Waals surface area contributed by atoms with Crippen LogP contribution in [0.2, 0.25) is 0 Å². The van der Waals surface area contributed by atoms with E-state index in [0.717, 1.165) is 16.9 Å². The van der Waals surface area contributed by atoms with Gasteiger partial charge in [-0.3, -0.25) is 0 Å². The highest BCUT2D eigenvalue weighted by molar-refractivity contribution is 5.35. The molecule has 1 rings (SSSR count). The van der Waals surface area contributed by atoms with Crippen molar-refractivity contribution in [2.75, 3.05) is 6.61 Å². The van der Waals surface area contributed by atoms with E-state index >= 15 is 0 Å². The van der Waals surface area contributed by atoms with Crippen LogP contribution in [0, 0.1) is 6.92 Å². The van der Waals surface area contributed by atoms with Crippen LogP contribution in [-0.2, 0) is 0 Å². The van der Waals surface area contributed by atoms with Crippen LogP contribution >= 0.6 is 0 Å². The smallest absolute Gasteiger partial charge is 0.119 e. The maximum atomic E-state index is 9.38. The van der Waals surface area contributed by atoms with E-state index in [-0.39, 0.29) is 0 Å². The summed E-state index contributed by atoms with van der Waals surface area (Å²) in [4.78, 5) is 0. The highest BCUT2D eigenvalue weighted by atomic mass is 16.5. The molecule has 0 bridgehead atoms. The van der Waals surface area contributed by atoms with Gasteiger partial charge in [0.1, 0.15) is 5.75 Å². The second kappa shape index (κ2) is 4.28. The molecule has 0 amide bonds. The first-order valence-corrected chi connectivity index (χ1v) is 4.56. The molecule has 0 aliphatic rings. The Labute approximate surface area is 79.2 Å². The van der Waals surface area contributed by atoms with Crippen molar-refractivity contribution in [1.29, 1.82) is 0 Å². The summed E-state index contributed by atoms with van der Waals surface area (Å²) in [7, 11) is 0. The molecule has 0 saturated carbocycles. The van der Waals surface area contributed by atoms with Crippen LogP contribution in [0.15, 0.2) is 18.2 Å². The molecule has 1 aromatic carbocycles. The number of hydrogen-bond acceptors (Lipinski definition) is 2. The zero-order valence-electron chi connectivity index (χ0n) is 8.37. The Hall–Kier alpha value is -1.02. The first kappa shape index (κ1) is 10.1. The minimum absolute atomic E-state index is 0.407. The predicted octanol–water partition coefficient (Wildman–Crippen LogP) is 2.45. The molecular weight excluding hydrogens is 164 g/mol. The number of aliphatic hydroxyl groups excluding tert-OH is 1. The number of ether oxygens (including phenoxy) is 1. The zero-order valence-corrected chi connectivity index (χ0v) is 8.37. The van der Waals surface area contributed by atoms with E-state index in [1.54, 1.807) is 6.92 Å². The first-order valence-electron chi connectivity index (χ1n) is 4.56. The molecule has 0 heterocycles. The van der Waals surface area contributed by atoms with Gasteiger partial charge >= 0.3 is 0 Å². The molecule has 13 heavy (non-hydrogen) atoms. The van der Waals surface area contributed by atoms with Crippen LogP contribution in [0.5, 0.6) is 5.75 Å². The molecule has 72 valence electrons. The van der Waals surface area contributed by atoms with Crippen LogP contribution < -0.4 is 4.74 Å². The molecule has 1 aromatic rings. The molecule has 0 spiro atoms. The van der Waals surface area contributed by atoms with Gasteiger partial charge in [-0.25, -0.2) is 0 Å². The van der Waals surface area contributed by atoms with E-state index in [1.807, 2.05) is 32.0 Å². The summed E-state index contributed by atoms with van der Waals surface area (Å²) in [5.41, 5.74) is 2.03. The van der Waals surface area contributed by atoms with Crippen LogP contribution in [0.4, 0.5) is 0 Å². The number of benzene rings is 1. The first-order chi connectivity index (χ1) is 6.15. The molecule has 1 atom stereocenters. The molecule has 0 aliphatic carbocycles. The molecule has 0 aliphatic heterocycles. The molecule has 2 heteroatoms. The summed E-state index contributed by atoms with van der Waals surface area (Å²) in [6, 6.07) is 5.75. The summed E-state index contributed by atoms with van der Waals surface area (Å²) in [5.74, 6) is 0.865. The summed E-state index contributed by atoms with van der Waals surface area (Å²) >= 11 is 0. The quantitative estimate of drug-likeness (QED) is 0.774. The second-order valence-electron chi connectivity index (χ2n) is 3.13. The Morgan fingerprint density at radius 2 is 2.15 bits per heavy atom. The fourth-order valence-corrected chi connectivity index (χ4v) is 1.37. The van der Waals surface area contributed by atoms with E-state index in [0.29, 0.717) is 6.61 Å². The summed E-state index contributed by atoms with van der Waals surface area (Å²) in [6.45, 7) is 6.37. The third-order valence-electron chi connectivity index (χ3n) is 2.00. The number of aryl methyl sites for hydroxylation is 1. The lowest BCUT2D eigenvalue weighted by Gasteiger charge is -2.10. The third-order valence-corrected chi connectivity index (χ3v) is 2.00. The highest BCUT2D eigenvalue weighted by Crippen LogP contribution is 2.22. The van der Waals surface area contributed by atoms with E-state index in [2.05, 4.69) is 0 Å². The van der Waals surface area contributed by atoms with Gasteiger partial charge in [-0.05, 0) is 44.0 Å². The number of hydrogen-bond donors (Lipinski definition) is 1. The predicted molar refractivity (Wildman–Crippen MR) is 53.0 cm³/mol. The van der Waals surface area contributed by atoms with Crippen molar-refractivity contribution in [3.63, 3.8) is 0 Å². The topological polar surface area (TPSA) is 29.5 Å². The molecule has 0 aromatic heterocycles. The van der Waals surface area contributed by atoms with Crippen LogP contribution in [0.25, 0.3) is 0 Å². The third kappa shape index (κ3) is 2.46. The van der Waals surface area contributed by atoms with Gasteiger partial charge in [0.15, 0.2) is 0 Å². The van der Waals surface area contributed by atoms with Crippen LogP contribution in [-0.4, -0.2) is 11.7 Å². The van der Waals surface area contributed by atoms with Crippen molar-refractivity contribution in [1.82, 2.24) is 0 Å².